The van der Waals surface area contributed by atoms with E-state index in [0.717, 1.165) is 5.56 Å². The van der Waals surface area contributed by atoms with Crippen molar-refractivity contribution in [1.29, 1.82) is 0 Å². The van der Waals surface area contributed by atoms with Crippen molar-refractivity contribution in [2.45, 2.75) is 5.88 Å². The standard InChI is InChI=1S/C16H12Cl2FN/c1-3-11-8-12(9-17)16(20-15(11)10(2)18)13-6-4-5-7-14(13)19/h3-8H,1-2,9H2. The van der Waals surface area contributed by atoms with Gasteiger partial charge in [0.1, 0.15) is 5.82 Å². The van der Waals surface area contributed by atoms with E-state index in [0.29, 0.717) is 22.5 Å². The zero-order chi connectivity index (χ0) is 14.7. The van der Waals surface area contributed by atoms with Crippen molar-refractivity contribution in [3.8, 4) is 11.3 Å². The largest absolute Gasteiger partial charge is 0.246 e. The van der Waals surface area contributed by atoms with E-state index in [1.54, 1.807) is 30.3 Å². The number of pyridine rings is 1. The van der Waals surface area contributed by atoms with E-state index in [1.807, 2.05) is 0 Å². The van der Waals surface area contributed by atoms with Gasteiger partial charge in [-0.05, 0) is 23.8 Å². The van der Waals surface area contributed by atoms with Gasteiger partial charge in [0, 0.05) is 17.0 Å². The van der Waals surface area contributed by atoms with E-state index in [9.17, 15) is 4.39 Å². The smallest absolute Gasteiger partial charge is 0.132 e. The summed E-state index contributed by atoms with van der Waals surface area (Å²) in [5.74, 6) is -0.143. The van der Waals surface area contributed by atoms with Gasteiger partial charge in [-0.1, -0.05) is 43.0 Å². The molecule has 102 valence electrons. The summed E-state index contributed by atoms with van der Waals surface area (Å²) in [5, 5.41) is 0.276. The molecule has 0 aliphatic carbocycles. The van der Waals surface area contributed by atoms with E-state index in [1.165, 1.54) is 6.07 Å². The molecular formula is C16H12Cl2FN. The highest BCUT2D eigenvalue weighted by Crippen LogP contribution is 2.30. The maximum absolute atomic E-state index is 13.9. The minimum atomic E-state index is -0.358. The first kappa shape index (κ1) is 14.8. The molecular weight excluding hydrogens is 296 g/mol. The molecule has 1 nitrogen and oxygen atoms in total. The Morgan fingerprint density at radius 2 is 2.05 bits per heavy atom. The maximum Gasteiger partial charge on any atom is 0.132 e. The summed E-state index contributed by atoms with van der Waals surface area (Å²) >= 11 is 11.9. The molecule has 0 aliphatic heterocycles. The Kier molecular flexibility index (Phi) is 4.58. The lowest BCUT2D eigenvalue weighted by Gasteiger charge is -2.12. The van der Waals surface area contributed by atoms with Crippen LogP contribution in [0.1, 0.15) is 16.8 Å². The molecule has 0 saturated heterocycles. The van der Waals surface area contributed by atoms with Crippen molar-refractivity contribution in [2.24, 2.45) is 0 Å². The molecule has 0 saturated carbocycles. The molecule has 1 heterocycles. The van der Waals surface area contributed by atoms with Gasteiger partial charge in [0.15, 0.2) is 0 Å². The van der Waals surface area contributed by atoms with Crippen molar-refractivity contribution in [3.63, 3.8) is 0 Å². The van der Waals surface area contributed by atoms with Crippen molar-refractivity contribution in [1.82, 2.24) is 4.98 Å². The lowest BCUT2D eigenvalue weighted by atomic mass is 10.0. The monoisotopic (exact) mass is 307 g/mol. The summed E-state index contributed by atoms with van der Waals surface area (Å²) in [6.45, 7) is 7.39. The Labute approximate surface area is 127 Å². The topological polar surface area (TPSA) is 12.9 Å². The van der Waals surface area contributed by atoms with Crippen LogP contribution < -0.4 is 0 Å². The average Bonchev–Trinajstić information content (AvgIpc) is 2.46. The molecule has 0 aliphatic rings. The van der Waals surface area contributed by atoms with Crippen LogP contribution in [-0.4, -0.2) is 4.98 Å². The second-order valence-corrected chi connectivity index (χ2v) is 4.88. The number of rotatable bonds is 4. The van der Waals surface area contributed by atoms with Gasteiger partial charge in [-0.25, -0.2) is 9.37 Å². The van der Waals surface area contributed by atoms with Gasteiger partial charge in [-0.15, -0.1) is 11.6 Å². The van der Waals surface area contributed by atoms with Crippen LogP contribution in [-0.2, 0) is 5.88 Å². The first-order valence-corrected chi connectivity index (χ1v) is 6.81. The van der Waals surface area contributed by atoms with Crippen LogP contribution in [0.15, 0.2) is 43.5 Å². The first-order chi connectivity index (χ1) is 9.58. The minimum absolute atomic E-state index is 0.215. The molecule has 2 rings (SSSR count). The molecule has 2 aromatic rings. The summed E-state index contributed by atoms with van der Waals surface area (Å²) < 4.78 is 13.9. The van der Waals surface area contributed by atoms with Gasteiger partial charge in [0.05, 0.1) is 16.4 Å². The van der Waals surface area contributed by atoms with Gasteiger partial charge < -0.3 is 0 Å². The van der Waals surface area contributed by atoms with Crippen molar-refractivity contribution in [3.05, 3.63) is 66.1 Å². The Morgan fingerprint density at radius 3 is 2.60 bits per heavy atom. The normalized spacial score (nSPS) is 10.3. The molecule has 0 spiro atoms. The molecule has 1 aromatic carbocycles. The van der Waals surface area contributed by atoms with Crippen LogP contribution in [0.4, 0.5) is 4.39 Å². The molecule has 0 amide bonds. The second-order valence-electron chi connectivity index (χ2n) is 4.16. The molecule has 0 fully saturated rings. The van der Waals surface area contributed by atoms with Crippen molar-refractivity contribution in [2.75, 3.05) is 0 Å². The highest BCUT2D eigenvalue weighted by Gasteiger charge is 2.15. The zero-order valence-electron chi connectivity index (χ0n) is 10.7. The van der Waals surface area contributed by atoms with E-state index in [4.69, 9.17) is 23.2 Å². The van der Waals surface area contributed by atoms with Crippen molar-refractivity contribution < 1.29 is 4.39 Å². The quantitative estimate of drug-likeness (QED) is 0.682. The third kappa shape index (κ3) is 2.77. The predicted octanol–water partition coefficient (Wildman–Crippen LogP) is 5.48. The molecule has 0 bridgehead atoms. The van der Waals surface area contributed by atoms with Crippen LogP contribution in [0.3, 0.4) is 0 Å². The Hall–Kier alpha value is -1.64. The predicted molar refractivity (Wildman–Crippen MR) is 84.2 cm³/mol. The maximum atomic E-state index is 13.9. The summed E-state index contributed by atoms with van der Waals surface area (Å²) in [4.78, 5) is 4.42. The summed E-state index contributed by atoms with van der Waals surface area (Å²) in [7, 11) is 0. The molecule has 0 atom stereocenters. The number of benzene rings is 1. The van der Waals surface area contributed by atoms with Gasteiger partial charge in [0.25, 0.3) is 0 Å². The van der Waals surface area contributed by atoms with Crippen LogP contribution in [0.5, 0.6) is 0 Å². The number of hydrogen-bond acceptors (Lipinski definition) is 1. The molecule has 0 radical (unpaired) electrons. The SMILES string of the molecule is C=Cc1cc(CCl)c(-c2ccccc2F)nc1C(=C)Cl. The molecule has 0 unspecified atom stereocenters. The summed E-state index contributed by atoms with van der Waals surface area (Å²) in [6.07, 6.45) is 1.62. The fourth-order valence-corrected chi connectivity index (χ4v) is 2.29. The number of hydrogen-bond donors (Lipinski definition) is 0. The fourth-order valence-electron chi connectivity index (χ4n) is 1.93. The van der Waals surface area contributed by atoms with Crippen LogP contribution in [0.2, 0.25) is 0 Å². The highest BCUT2D eigenvalue weighted by molar-refractivity contribution is 6.48. The summed E-state index contributed by atoms with van der Waals surface area (Å²) in [6, 6.07) is 8.21. The lowest BCUT2D eigenvalue weighted by Crippen LogP contribution is -1.99. The average molecular weight is 308 g/mol. The molecule has 0 N–H and O–H groups in total. The third-order valence-corrected chi connectivity index (χ3v) is 3.35. The zero-order valence-corrected chi connectivity index (χ0v) is 12.2. The Balaban J connectivity index is 2.75. The van der Waals surface area contributed by atoms with Gasteiger partial charge in [-0.3, -0.25) is 0 Å². The third-order valence-electron chi connectivity index (χ3n) is 2.88. The second kappa shape index (κ2) is 6.21. The van der Waals surface area contributed by atoms with Crippen LogP contribution in [0.25, 0.3) is 22.4 Å². The number of aromatic nitrogens is 1. The Morgan fingerprint density at radius 1 is 1.35 bits per heavy atom. The number of nitrogens with zero attached hydrogens (tertiary/aromatic N) is 1. The van der Waals surface area contributed by atoms with Crippen LogP contribution >= 0.6 is 23.2 Å². The van der Waals surface area contributed by atoms with Crippen LogP contribution in [0, 0.1) is 5.82 Å². The van der Waals surface area contributed by atoms with Crippen molar-refractivity contribution >= 4 is 34.3 Å². The summed E-state index contributed by atoms with van der Waals surface area (Å²) in [5.41, 5.74) is 2.78. The van der Waals surface area contributed by atoms with Gasteiger partial charge in [0.2, 0.25) is 0 Å². The van der Waals surface area contributed by atoms with Gasteiger partial charge in [-0.2, -0.15) is 0 Å². The molecule has 1 aromatic heterocycles. The highest BCUT2D eigenvalue weighted by atomic mass is 35.5. The van der Waals surface area contributed by atoms with E-state index >= 15 is 0 Å². The minimum Gasteiger partial charge on any atom is -0.246 e. The van der Waals surface area contributed by atoms with E-state index in [-0.39, 0.29) is 16.7 Å². The number of alkyl halides is 1. The van der Waals surface area contributed by atoms with E-state index < -0.39 is 0 Å². The fraction of sp³-hybridized carbons (Fsp3) is 0.0625. The number of halogens is 3. The molecule has 4 heteroatoms. The molecule has 20 heavy (non-hydrogen) atoms. The first-order valence-electron chi connectivity index (χ1n) is 5.90. The Bertz CT molecular complexity index is 680. The van der Waals surface area contributed by atoms with Gasteiger partial charge >= 0.3 is 0 Å². The van der Waals surface area contributed by atoms with E-state index in [2.05, 4.69) is 18.1 Å². The lowest BCUT2D eigenvalue weighted by molar-refractivity contribution is 0.630.